The summed E-state index contributed by atoms with van der Waals surface area (Å²) < 4.78 is 33.0. The Morgan fingerprint density at radius 3 is 1.78 bits per heavy atom. The first kappa shape index (κ1) is 31.2. The summed E-state index contributed by atoms with van der Waals surface area (Å²) in [6.45, 7) is 5.31. The van der Waals surface area contributed by atoms with Gasteiger partial charge < -0.3 is 19.8 Å². The molecular formula is C32H34F2N2O5. The summed E-state index contributed by atoms with van der Waals surface area (Å²) >= 11 is 0. The second-order valence-corrected chi connectivity index (χ2v) is 9.32. The molecule has 0 aliphatic carbocycles. The topological polar surface area (TPSA) is 90.3 Å². The molecule has 1 saturated heterocycles. The molecule has 216 valence electrons. The summed E-state index contributed by atoms with van der Waals surface area (Å²) in [5.74, 6) is -3.08. The fraction of sp³-hybridized carbons (Fsp3) is 0.250. The number of ether oxygens (including phenoxy) is 1. The first-order chi connectivity index (χ1) is 19.8. The molecule has 9 heteroatoms. The third kappa shape index (κ3) is 11.7. The number of hydrogen-bond donors (Lipinski definition) is 2. The minimum absolute atomic E-state index is 0.285. The molecule has 0 radical (unpaired) electrons. The molecule has 7 nitrogen and oxygen atoms in total. The maximum absolute atomic E-state index is 13.4. The number of halogens is 2. The molecule has 0 bridgehead atoms. The van der Waals surface area contributed by atoms with Crippen molar-refractivity contribution in [2.24, 2.45) is 0 Å². The second-order valence-electron chi connectivity index (χ2n) is 9.32. The lowest BCUT2D eigenvalue weighted by atomic mass is 10.0. The van der Waals surface area contributed by atoms with Crippen molar-refractivity contribution in [2.45, 2.75) is 12.5 Å². The van der Waals surface area contributed by atoms with Crippen LogP contribution in [0, 0.1) is 11.6 Å². The first-order valence-electron chi connectivity index (χ1n) is 13.2. The van der Waals surface area contributed by atoms with Crippen molar-refractivity contribution in [3.8, 4) is 0 Å². The zero-order valence-corrected chi connectivity index (χ0v) is 22.6. The molecule has 4 rings (SSSR count). The van der Waals surface area contributed by atoms with Gasteiger partial charge in [0.25, 0.3) is 0 Å². The van der Waals surface area contributed by atoms with Crippen LogP contribution in [0.5, 0.6) is 0 Å². The molecule has 1 fully saturated rings. The molecule has 1 aliphatic heterocycles. The predicted molar refractivity (Wildman–Crippen MR) is 152 cm³/mol. The summed E-state index contributed by atoms with van der Waals surface area (Å²) in [5.41, 5.74) is 3.04. The van der Waals surface area contributed by atoms with Gasteiger partial charge in [0.05, 0.1) is 6.61 Å². The molecule has 3 aromatic rings. The summed E-state index contributed by atoms with van der Waals surface area (Å²) in [4.78, 5) is 23.9. The van der Waals surface area contributed by atoms with Gasteiger partial charge in [-0.15, -0.1) is 0 Å². The SMILES string of the molecule is Fc1ccc(C(OCCN2CCN(/C=C/Cc3ccccc3)CC2)c2ccc(F)cc2)cc1.O=C(O)/C=C\C(=O)O. The third-order valence-corrected chi connectivity index (χ3v) is 6.33. The number of carbonyl (C=O) groups is 2. The van der Waals surface area contributed by atoms with E-state index in [-0.39, 0.29) is 17.7 Å². The Bertz CT molecular complexity index is 1210. The van der Waals surface area contributed by atoms with E-state index < -0.39 is 11.9 Å². The van der Waals surface area contributed by atoms with E-state index in [1.807, 2.05) is 6.07 Å². The van der Waals surface area contributed by atoms with Crippen LogP contribution in [-0.4, -0.2) is 71.3 Å². The molecule has 0 atom stereocenters. The molecule has 1 aliphatic rings. The van der Waals surface area contributed by atoms with E-state index in [2.05, 4.69) is 46.3 Å². The third-order valence-electron chi connectivity index (χ3n) is 6.33. The van der Waals surface area contributed by atoms with Crippen molar-refractivity contribution in [3.05, 3.63) is 132 Å². The summed E-state index contributed by atoms with van der Waals surface area (Å²) in [5, 5.41) is 15.6. The Kier molecular flexibility index (Phi) is 12.7. The lowest BCUT2D eigenvalue weighted by molar-refractivity contribution is -0.134. The fourth-order valence-corrected chi connectivity index (χ4v) is 4.19. The average molecular weight is 565 g/mol. The zero-order valence-electron chi connectivity index (χ0n) is 22.6. The fourth-order valence-electron chi connectivity index (χ4n) is 4.19. The van der Waals surface area contributed by atoms with Crippen LogP contribution in [-0.2, 0) is 20.7 Å². The van der Waals surface area contributed by atoms with E-state index in [9.17, 15) is 18.4 Å². The van der Waals surface area contributed by atoms with E-state index in [1.54, 1.807) is 24.3 Å². The number of nitrogens with zero attached hydrogens (tertiary/aromatic N) is 2. The number of hydrogen-bond acceptors (Lipinski definition) is 5. The Balaban J connectivity index is 0.000000507. The number of benzene rings is 3. The molecule has 2 N–H and O–H groups in total. The van der Waals surface area contributed by atoms with Crippen LogP contribution in [0.2, 0.25) is 0 Å². The predicted octanol–water partition coefficient (Wildman–Crippen LogP) is 5.16. The molecule has 41 heavy (non-hydrogen) atoms. The van der Waals surface area contributed by atoms with Crippen molar-refractivity contribution in [3.63, 3.8) is 0 Å². The minimum atomic E-state index is -1.26. The van der Waals surface area contributed by atoms with E-state index in [0.717, 1.165) is 50.3 Å². The molecule has 3 aromatic carbocycles. The molecule has 0 unspecified atom stereocenters. The van der Waals surface area contributed by atoms with Crippen LogP contribution >= 0.6 is 0 Å². The van der Waals surface area contributed by atoms with Gasteiger partial charge in [0.2, 0.25) is 0 Å². The van der Waals surface area contributed by atoms with Crippen molar-refractivity contribution >= 4 is 11.9 Å². The normalized spacial score (nSPS) is 13.9. The highest BCUT2D eigenvalue weighted by molar-refractivity contribution is 5.89. The van der Waals surface area contributed by atoms with Gasteiger partial charge in [-0.2, -0.15) is 0 Å². The molecule has 0 saturated carbocycles. The van der Waals surface area contributed by atoms with Crippen molar-refractivity contribution in [1.29, 1.82) is 0 Å². The Morgan fingerprint density at radius 1 is 0.780 bits per heavy atom. The second kappa shape index (κ2) is 16.7. The Hall–Kier alpha value is -4.34. The smallest absolute Gasteiger partial charge is 0.328 e. The largest absolute Gasteiger partial charge is 0.478 e. The lowest BCUT2D eigenvalue weighted by Gasteiger charge is -2.34. The van der Waals surface area contributed by atoms with Crippen LogP contribution in [0.1, 0.15) is 22.8 Å². The van der Waals surface area contributed by atoms with Gasteiger partial charge in [0.15, 0.2) is 0 Å². The van der Waals surface area contributed by atoms with Gasteiger partial charge in [-0.1, -0.05) is 60.7 Å². The lowest BCUT2D eigenvalue weighted by Crippen LogP contribution is -2.45. The molecule has 0 aromatic heterocycles. The number of piperazine rings is 1. The number of carboxylic acid groups (broad SMARTS) is 2. The van der Waals surface area contributed by atoms with Gasteiger partial charge in [-0.25, -0.2) is 18.4 Å². The van der Waals surface area contributed by atoms with E-state index in [0.29, 0.717) is 18.8 Å². The number of allylic oxidation sites excluding steroid dienone is 1. The van der Waals surface area contributed by atoms with Gasteiger partial charge >= 0.3 is 11.9 Å². The van der Waals surface area contributed by atoms with Crippen LogP contribution in [0.15, 0.2) is 103 Å². The number of aliphatic carboxylic acids is 2. The van der Waals surface area contributed by atoms with E-state index >= 15 is 0 Å². The van der Waals surface area contributed by atoms with Gasteiger partial charge in [0, 0.05) is 44.9 Å². The summed E-state index contributed by atoms with van der Waals surface area (Å²) in [7, 11) is 0. The number of carboxylic acids is 2. The van der Waals surface area contributed by atoms with Crippen molar-refractivity contribution in [1.82, 2.24) is 9.80 Å². The maximum Gasteiger partial charge on any atom is 0.328 e. The highest BCUT2D eigenvalue weighted by Gasteiger charge is 2.18. The molecule has 1 heterocycles. The average Bonchev–Trinajstić information content (AvgIpc) is 2.97. The standard InChI is InChI=1S/C28H30F2N2O.C4H4O4/c29-26-12-8-24(9-13-26)28(25-10-14-27(30)15-11-25)33-22-21-32-19-17-31(18-20-32)16-4-7-23-5-2-1-3-6-23;5-3(6)1-2-4(7)8/h1-6,8-16,28H,7,17-22H2;1-2H,(H,5,6)(H,7,8)/b16-4+;2-1-. The van der Waals surface area contributed by atoms with Gasteiger partial charge in [-0.3, -0.25) is 4.90 Å². The monoisotopic (exact) mass is 564 g/mol. The molecular weight excluding hydrogens is 530 g/mol. The first-order valence-corrected chi connectivity index (χ1v) is 13.2. The van der Waals surface area contributed by atoms with E-state index in [4.69, 9.17) is 14.9 Å². The Morgan fingerprint density at radius 2 is 1.29 bits per heavy atom. The summed E-state index contributed by atoms with van der Waals surface area (Å²) in [6, 6.07) is 23.1. The minimum Gasteiger partial charge on any atom is -0.478 e. The highest BCUT2D eigenvalue weighted by Crippen LogP contribution is 2.26. The zero-order chi connectivity index (χ0) is 29.5. The maximum atomic E-state index is 13.4. The molecule has 0 amide bonds. The van der Waals surface area contributed by atoms with Crippen molar-refractivity contribution in [2.75, 3.05) is 39.3 Å². The van der Waals surface area contributed by atoms with E-state index in [1.165, 1.54) is 29.8 Å². The molecule has 0 spiro atoms. The van der Waals surface area contributed by atoms with Crippen LogP contribution in [0.4, 0.5) is 8.78 Å². The quantitative estimate of drug-likeness (QED) is 0.311. The Labute approximate surface area is 238 Å². The van der Waals surface area contributed by atoms with Gasteiger partial charge in [-0.05, 0) is 53.6 Å². The summed E-state index contributed by atoms with van der Waals surface area (Å²) in [6.07, 6.45) is 6.14. The van der Waals surface area contributed by atoms with Crippen LogP contribution in [0.3, 0.4) is 0 Å². The van der Waals surface area contributed by atoms with Crippen LogP contribution < -0.4 is 0 Å². The number of rotatable bonds is 11. The van der Waals surface area contributed by atoms with Crippen molar-refractivity contribution < 1.29 is 33.3 Å². The van der Waals surface area contributed by atoms with Gasteiger partial charge in [0.1, 0.15) is 17.7 Å². The van der Waals surface area contributed by atoms with Crippen LogP contribution in [0.25, 0.3) is 0 Å². The highest BCUT2D eigenvalue weighted by atomic mass is 19.1.